The smallest absolute Gasteiger partial charge is 0.306 e. The minimum Gasteiger partial charge on any atom is -0.494 e. The number of halogens is 1. The molecule has 4 heteroatoms. The number of aliphatic carboxylic acids is 1. The molecule has 0 saturated heterocycles. The molecule has 1 N–H and O–H groups in total. The van der Waals surface area contributed by atoms with E-state index >= 15 is 0 Å². The molecule has 100 valence electrons. The Morgan fingerprint density at radius 3 is 2.56 bits per heavy atom. The molecule has 0 aromatic heterocycles. The molecule has 0 aliphatic rings. The molecule has 0 heterocycles. The Morgan fingerprint density at radius 1 is 1.33 bits per heavy atom. The van der Waals surface area contributed by atoms with Crippen LogP contribution in [0.4, 0.5) is 0 Å². The lowest BCUT2D eigenvalue weighted by Gasteiger charge is -2.12. The number of carboxylic acids is 1. The lowest BCUT2D eigenvalue weighted by atomic mass is 9.99. The van der Waals surface area contributed by atoms with E-state index in [2.05, 4.69) is 6.92 Å². The van der Waals surface area contributed by atoms with Crippen molar-refractivity contribution in [2.24, 2.45) is 5.92 Å². The van der Waals surface area contributed by atoms with Gasteiger partial charge in [0.05, 0.1) is 12.5 Å². The van der Waals surface area contributed by atoms with Crippen LogP contribution in [0.3, 0.4) is 0 Å². The Kier molecular flexibility index (Phi) is 6.58. The van der Waals surface area contributed by atoms with E-state index in [4.69, 9.17) is 21.4 Å². The highest BCUT2D eigenvalue weighted by Crippen LogP contribution is 2.18. The summed E-state index contributed by atoms with van der Waals surface area (Å²) in [5.74, 6) is -0.320. The third-order valence-electron chi connectivity index (χ3n) is 2.80. The maximum Gasteiger partial charge on any atom is 0.306 e. The van der Waals surface area contributed by atoms with Gasteiger partial charge in [-0.2, -0.15) is 0 Å². The van der Waals surface area contributed by atoms with Crippen LogP contribution in [0, 0.1) is 5.92 Å². The zero-order chi connectivity index (χ0) is 13.4. The summed E-state index contributed by atoms with van der Waals surface area (Å²) in [5.41, 5.74) is 0. The van der Waals surface area contributed by atoms with Crippen molar-refractivity contribution in [2.75, 3.05) is 6.61 Å². The first-order valence-electron chi connectivity index (χ1n) is 6.24. The van der Waals surface area contributed by atoms with Crippen LogP contribution in [0.25, 0.3) is 0 Å². The summed E-state index contributed by atoms with van der Waals surface area (Å²) in [6.07, 6.45) is 3.22. The van der Waals surface area contributed by atoms with E-state index in [9.17, 15) is 4.79 Å². The van der Waals surface area contributed by atoms with Gasteiger partial charge in [-0.15, -0.1) is 0 Å². The van der Waals surface area contributed by atoms with Crippen LogP contribution in [0.15, 0.2) is 24.3 Å². The summed E-state index contributed by atoms with van der Waals surface area (Å²) < 4.78 is 5.50. The van der Waals surface area contributed by atoms with Gasteiger partial charge in [-0.05, 0) is 37.1 Å². The normalized spacial score (nSPS) is 12.1. The number of ether oxygens (including phenoxy) is 1. The molecule has 3 nitrogen and oxygen atoms in total. The Hall–Kier alpha value is -1.22. The van der Waals surface area contributed by atoms with E-state index in [0.717, 1.165) is 25.0 Å². The lowest BCUT2D eigenvalue weighted by Crippen LogP contribution is -2.16. The van der Waals surface area contributed by atoms with Crippen LogP contribution in [-0.4, -0.2) is 17.7 Å². The van der Waals surface area contributed by atoms with Crippen molar-refractivity contribution in [1.29, 1.82) is 0 Å². The van der Waals surface area contributed by atoms with Gasteiger partial charge in [0.15, 0.2) is 0 Å². The second-order valence-electron chi connectivity index (χ2n) is 4.27. The maximum atomic E-state index is 11.0. The first-order valence-corrected chi connectivity index (χ1v) is 6.62. The van der Waals surface area contributed by atoms with Crippen molar-refractivity contribution in [3.8, 4) is 5.75 Å². The molecule has 1 aromatic carbocycles. The number of rotatable bonds is 8. The molecule has 0 aliphatic heterocycles. The fraction of sp³-hybridized carbons (Fsp3) is 0.500. The second-order valence-corrected chi connectivity index (χ2v) is 4.70. The molecule has 0 saturated carbocycles. The zero-order valence-corrected chi connectivity index (χ0v) is 11.3. The van der Waals surface area contributed by atoms with Crippen LogP contribution >= 0.6 is 11.6 Å². The van der Waals surface area contributed by atoms with Crippen molar-refractivity contribution >= 4 is 17.6 Å². The molecule has 0 spiro atoms. The standard InChI is InChI=1S/C14H19ClO3/c1-2-3-4-11(14(16)17)9-10-18-13-7-5-12(15)6-8-13/h5-8,11H,2-4,9-10H2,1H3,(H,16,17). The molecule has 18 heavy (non-hydrogen) atoms. The summed E-state index contributed by atoms with van der Waals surface area (Å²) in [6.45, 7) is 2.48. The van der Waals surface area contributed by atoms with Crippen molar-refractivity contribution in [3.05, 3.63) is 29.3 Å². The van der Waals surface area contributed by atoms with Gasteiger partial charge in [-0.1, -0.05) is 31.4 Å². The average molecular weight is 271 g/mol. The maximum absolute atomic E-state index is 11.0. The summed E-state index contributed by atoms with van der Waals surface area (Å²) in [7, 11) is 0. The molecular weight excluding hydrogens is 252 g/mol. The first-order chi connectivity index (χ1) is 8.63. The molecule has 1 atom stereocenters. The number of carboxylic acid groups (broad SMARTS) is 1. The van der Waals surface area contributed by atoms with Crippen LogP contribution in [0.1, 0.15) is 32.6 Å². The van der Waals surface area contributed by atoms with Crippen LogP contribution in [-0.2, 0) is 4.79 Å². The third-order valence-corrected chi connectivity index (χ3v) is 3.06. The van der Waals surface area contributed by atoms with E-state index in [1.807, 2.05) is 0 Å². The Labute approximate surface area is 113 Å². The highest BCUT2D eigenvalue weighted by atomic mass is 35.5. The van der Waals surface area contributed by atoms with Crippen molar-refractivity contribution < 1.29 is 14.6 Å². The third kappa shape index (κ3) is 5.41. The van der Waals surface area contributed by atoms with Gasteiger partial charge >= 0.3 is 5.97 Å². The molecule has 0 fully saturated rings. The number of carbonyl (C=O) groups is 1. The minimum absolute atomic E-state index is 0.308. The van der Waals surface area contributed by atoms with Gasteiger partial charge in [-0.25, -0.2) is 0 Å². The van der Waals surface area contributed by atoms with Crippen LogP contribution in [0.2, 0.25) is 5.02 Å². The van der Waals surface area contributed by atoms with E-state index in [1.165, 1.54) is 0 Å². The molecule has 0 aliphatic carbocycles. The molecule has 0 bridgehead atoms. The van der Waals surface area contributed by atoms with E-state index in [-0.39, 0.29) is 5.92 Å². The lowest BCUT2D eigenvalue weighted by molar-refractivity contribution is -0.142. The molecule has 1 unspecified atom stereocenters. The largest absolute Gasteiger partial charge is 0.494 e. The number of hydrogen-bond acceptors (Lipinski definition) is 2. The van der Waals surface area contributed by atoms with Crippen LogP contribution in [0.5, 0.6) is 5.75 Å². The van der Waals surface area contributed by atoms with Gasteiger partial charge < -0.3 is 9.84 Å². The van der Waals surface area contributed by atoms with E-state index in [0.29, 0.717) is 18.1 Å². The van der Waals surface area contributed by atoms with Gasteiger partial charge in [0.1, 0.15) is 5.75 Å². The number of hydrogen-bond donors (Lipinski definition) is 1. The summed E-state index contributed by atoms with van der Waals surface area (Å²) in [4.78, 5) is 11.0. The molecule has 0 amide bonds. The minimum atomic E-state index is -0.733. The Morgan fingerprint density at radius 2 is 2.00 bits per heavy atom. The van der Waals surface area contributed by atoms with Crippen molar-refractivity contribution in [3.63, 3.8) is 0 Å². The van der Waals surface area contributed by atoms with Gasteiger partial charge in [0.25, 0.3) is 0 Å². The first kappa shape index (κ1) is 14.8. The monoisotopic (exact) mass is 270 g/mol. The van der Waals surface area contributed by atoms with Crippen molar-refractivity contribution in [2.45, 2.75) is 32.6 Å². The quantitative estimate of drug-likeness (QED) is 0.777. The Balaban J connectivity index is 2.34. The fourth-order valence-corrected chi connectivity index (χ4v) is 1.82. The average Bonchev–Trinajstić information content (AvgIpc) is 2.35. The topological polar surface area (TPSA) is 46.5 Å². The SMILES string of the molecule is CCCCC(CCOc1ccc(Cl)cc1)C(=O)O. The second kappa shape index (κ2) is 7.98. The van der Waals surface area contributed by atoms with Gasteiger partial charge in [-0.3, -0.25) is 4.79 Å². The molecule has 1 aromatic rings. The predicted octanol–water partition coefficient (Wildman–Crippen LogP) is 4.00. The number of benzene rings is 1. The van der Waals surface area contributed by atoms with Gasteiger partial charge in [0.2, 0.25) is 0 Å². The molecule has 0 radical (unpaired) electrons. The zero-order valence-electron chi connectivity index (χ0n) is 10.6. The summed E-state index contributed by atoms with van der Waals surface area (Å²) in [6, 6.07) is 7.07. The van der Waals surface area contributed by atoms with E-state index in [1.54, 1.807) is 24.3 Å². The fourth-order valence-electron chi connectivity index (χ4n) is 1.69. The van der Waals surface area contributed by atoms with E-state index < -0.39 is 5.97 Å². The summed E-state index contributed by atoms with van der Waals surface area (Å²) in [5, 5.41) is 9.72. The number of unbranched alkanes of at least 4 members (excludes halogenated alkanes) is 1. The predicted molar refractivity (Wildman–Crippen MR) is 72.2 cm³/mol. The summed E-state index contributed by atoms with van der Waals surface area (Å²) >= 11 is 5.76. The molecule has 1 rings (SSSR count). The van der Waals surface area contributed by atoms with Crippen molar-refractivity contribution in [1.82, 2.24) is 0 Å². The highest BCUT2D eigenvalue weighted by molar-refractivity contribution is 6.30. The molecular formula is C14H19ClO3. The highest BCUT2D eigenvalue weighted by Gasteiger charge is 2.16. The van der Waals surface area contributed by atoms with Crippen LogP contribution < -0.4 is 4.74 Å². The Bertz CT molecular complexity index is 362. The van der Waals surface area contributed by atoms with Gasteiger partial charge in [0, 0.05) is 5.02 Å².